The van der Waals surface area contributed by atoms with Gasteiger partial charge in [0.05, 0.1) is 15.7 Å². The fourth-order valence-corrected chi connectivity index (χ4v) is 4.91. The summed E-state index contributed by atoms with van der Waals surface area (Å²) in [5.41, 5.74) is 0.759. The van der Waals surface area contributed by atoms with Gasteiger partial charge in [0.1, 0.15) is 5.75 Å². The standard InChI is InChI=1S/C14H17NO4S2/c15-21(17,18)19-12-6-7-13-11(8-12)9-14(20(13)16)10-4-2-1-3-5-10/h6-10H,1-5H2,(H2,15,17,18). The molecule has 7 heteroatoms. The van der Waals surface area contributed by atoms with Crippen molar-refractivity contribution < 1.29 is 16.8 Å². The maximum absolute atomic E-state index is 12.6. The largest absolute Gasteiger partial charge is 0.380 e. The molecule has 21 heavy (non-hydrogen) atoms. The van der Waals surface area contributed by atoms with E-state index in [9.17, 15) is 12.6 Å². The number of nitrogens with two attached hydrogens (primary N) is 1. The number of allylic oxidation sites excluding steroid dienone is 1. The minimum Gasteiger partial charge on any atom is -0.371 e. The van der Waals surface area contributed by atoms with Gasteiger partial charge in [-0.15, -0.1) is 0 Å². The molecule has 1 heterocycles. The molecule has 1 aromatic rings. The van der Waals surface area contributed by atoms with E-state index in [1.807, 2.05) is 6.08 Å². The van der Waals surface area contributed by atoms with E-state index in [2.05, 4.69) is 4.18 Å². The van der Waals surface area contributed by atoms with Crippen molar-refractivity contribution in [1.82, 2.24) is 0 Å². The van der Waals surface area contributed by atoms with Crippen LogP contribution in [0.5, 0.6) is 5.75 Å². The SMILES string of the molecule is NS(=O)(=O)Oc1ccc2c(c1)C=C(C1CCCCC1)S2=O. The second-order valence-electron chi connectivity index (χ2n) is 5.43. The molecule has 0 aromatic heterocycles. The Bertz CT molecular complexity index is 718. The highest BCUT2D eigenvalue weighted by Gasteiger charge is 2.29. The van der Waals surface area contributed by atoms with E-state index in [-0.39, 0.29) is 5.75 Å². The van der Waals surface area contributed by atoms with Crippen LogP contribution in [0.25, 0.3) is 6.08 Å². The Kier molecular flexibility index (Phi) is 3.90. The van der Waals surface area contributed by atoms with E-state index in [4.69, 9.17) is 5.14 Å². The molecule has 1 aromatic carbocycles. The smallest absolute Gasteiger partial charge is 0.371 e. The second-order valence-corrected chi connectivity index (χ2v) is 8.03. The quantitative estimate of drug-likeness (QED) is 0.923. The number of hydrogen-bond acceptors (Lipinski definition) is 4. The maximum Gasteiger partial charge on any atom is 0.380 e. The Labute approximate surface area is 126 Å². The molecule has 0 amide bonds. The molecule has 0 saturated heterocycles. The molecular weight excluding hydrogens is 310 g/mol. The van der Waals surface area contributed by atoms with Gasteiger partial charge in [-0.3, -0.25) is 0 Å². The summed E-state index contributed by atoms with van der Waals surface area (Å²) in [6.45, 7) is 0. The van der Waals surface area contributed by atoms with Crippen LogP contribution >= 0.6 is 0 Å². The molecular formula is C14H17NO4S2. The minimum absolute atomic E-state index is 0.148. The average molecular weight is 327 g/mol. The topological polar surface area (TPSA) is 86.5 Å². The number of benzene rings is 1. The Morgan fingerprint density at radius 3 is 2.57 bits per heavy atom. The molecule has 1 fully saturated rings. The van der Waals surface area contributed by atoms with Crippen molar-refractivity contribution in [2.45, 2.75) is 37.0 Å². The van der Waals surface area contributed by atoms with Gasteiger partial charge in [-0.1, -0.05) is 19.3 Å². The van der Waals surface area contributed by atoms with Gasteiger partial charge in [-0.05, 0) is 48.6 Å². The van der Waals surface area contributed by atoms with Crippen molar-refractivity contribution in [1.29, 1.82) is 0 Å². The summed E-state index contributed by atoms with van der Waals surface area (Å²) >= 11 is 0. The third-order valence-electron chi connectivity index (χ3n) is 3.91. The Hall–Kier alpha value is -1.18. The summed E-state index contributed by atoms with van der Waals surface area (Å²) in [7, 11) is -5.18. The fraction of sp³-hybridized carbons (Fsp3) is 0.429. The summed E-state index contributed by atoms with van der Waals surface area (Å²) in [6.07, 6.45) is 7.66. The van der Waals surface area contributed by atoms with E-state index in [1.165, 1.54) is 25.3 Å². The third-order valence-corrected chi connectivity index (χ3v) is 5.99. The Morgan fingerprint density at radius 2 is 1.90 bits per heavy atom. The highest BCUT2D eigenvalue weighted by molar-refractivity contribution is 7.89. The highest BCUT2D eigenvalue weighted by Crippen LogP contribution is 2.40. The van der Waals surface area contributed by atoms with Gasteiger partial charge in [-0.2, -0.15) is 13.6 Å². The van der Waals surface area contributed by atoms with Crippen LogP contribution in [-0.4, -0.2) is 12.6 Å². The Morgan fingerprint density at radius 1 is 1.19 bits per heavy atom. The molecule has 0 radical (unpaired) electrons. The molecule has 0 bridgehead atoms. The van der Waals surface area contributed by atoms with Gasteiger partial charge in [0.2, 0.25) is 0 Å². The van der Waals surface area contributed by atoms with Crippen molar-refractivity contribution >= 4 is 27.2 Å². The average Bonchev–Trinajstić information content (AvgIpc) is 2.75. The summed E-state index contributed by atoms with van der Waals surface area (Å²) in [4.78, 5) is 1.68. The van der Waals surface area contributed by atoms with Crippen molar-refractivity contribution in [3.05, 3.63) is 28.7 Å². The number of rotatable bonds is 3. The van der Waals surface area contributed by atoms with Gasteiger partial charge in [0.15, 0.2) is 0 Å². The lowest BCUT2D eigenvalue weighted by Gasteiger charge is -2.21. The van der Waals surface area contributed by atoms with Gasteiger partial charge >= 0.3 is 10.3 Å². The maximum atomic E-state index is 12.6. The zero-order chi connectivity index (χ0) is 15.0. The first-order chi connectivity index (χ1) is 9.94. The molecule has 1 atom stereocenters. The molecule has 1 aliphatic heterocycles. The van der Waals surface area contributed by atoms with Gasteiger partial charge in [0.25, 0.3) is 0 Å². The summed E-state index contributed by atoms with van der Waals surface area (Å²) in [6, 6.07) is 4.71. The van der Waals surface area contributed by atoms with Crippen molar-refractivity contribution in [3.8, 4) is 5.75 Å². The van der Waals surface area contributed by atoms with Crippen molar-refractivity contribution in [3.63, 3.8) is 0 Å². The molecule has 2 N–H and O–H groups in total. The number of hydrogen-bond donors (Lipinski definition) is 1. The van der Waals surface area contributed by atoms with Crippen molar-refractivity contribution in [2.24, 2.45) is 11.1 Å². The highest BCUT2D eigenvalue weighted by atomic mass is 32.2. The summed E-state index contributed by atoms with van der Waals surface area (Å²) in [5, 5.41) is 4.86. The van der Waals surface area contributed by atoms with Gasteiger partial charge < -0.3 is 4.18 Å². The van der Waals surface area contributed by atoms with Crippen LogP contribution in [0.3, 0.4) is 0 Å². The van der Waals surface area contributed by atoms with Crippen LogP contribution in [0.4, 0.5) is 0 Å². The zero-order valence-electron chi connectivity index (χ0n) is 11.4. The predicted octanol–water partition coefficient (Wildman–Crippen LogP) is 2.31. The molecule has 114 valence electrons. The predicted molar refractivity (Wildman–Crippen MR) is 81.1 cm³/mol. The van der Waals surface area contributed by atoms with Gasteiger partial charge in [0, 0.05) is 4.91 Å². The van der Waals surface area contributed by atoms with E-state index in [0.717, 1.165) is 28.2 Å². The Balaban J connectivity index is 1.89. The van der Waals surface area contributed by atoms with Crippen molar-refractivity contribution in [2.75, 3.05) is 0 Å². The molecule has 1 unspecified atom stereocenters. The van der Waals surface area contributed by atoms with Crippen LogP contribution in [0, 0.1) is 5.92 Å². The van der Waals surface area contributed by atoms with E-state index < -0.39 is 21.1 Å². The van der Waals surface area contributed by atoms with E-state index in [1.54, 1.807) is 12.1 Å². The first kappa shape index (κ1) is 14.7. The first-order valence-electron chi connectivity index (χ1n) is 6.94. The monoisotopic (exact) mass is 327 g/mol. The lowest BCUT2D eigenvalue weighted by Crippen LogP contribution is -2.18. The van der Waals surface area contributed by atoms with Crippen LogP contribution in [-0.2, 0) is 21.1 Å². The van der Waals surface area contributed by atoms with Crippen LogP contribution in [0.2, 0.25) is 0 Å². The second kappa shape index (κ2) is 5.55. The zero-order valence-corrected chi connectivity index (χ0v) is 13.1. The molecule has 0 spiro atoms. The van der Waals surface area contributed by atoms with Crippen LogP contribution in [0.15, 0.2) is 28.0 Å². The molecule has 3 rings (SSSR count). The van der Waals surface area contributed by atoms with E-state index >= 15 is 0 Å². The minimum atomic E-state index is -4.04. The third kappa shape index (κ3) is 3.20. The molecule has 1 saturated carbocycles. The molecule has 1 aliphatic carbocycles. The van der Waals surface area contributed by atoms with E-state index in [0.29, 0.717) is 5.92 Å². The lowest BCUT2D eigenvalue weighted by atomic mass is 9.88. The normalized spacial score (nSPS) is 22.7. The summed E-state index contributed by atoms with van der Waals surface area (Å²) in [5.74, 6) is 0.518. The molecule has 5 nitrogen and oxygen atoms in total. The molecule has 2 aliphatic rings. The lowest BCUT2D eigenvalue weighted by molar-refractivity contribution is 0.415. The fourth-order valence-electron chi connectivity index (χ4n) is 2.98. The number of fused-ring (bicyclic) bond motifs is 1. The van der Waals surface area contributed by atoms with Gasteiger partial charge in [-0.25, -0.2) is 4.21 Å². The first-order valence-corrected chi connectivity index (χ1v) is 9.56. The van der Waals surface area contributed by atoms with Crippen LogP contribution < -0.4 is 9.32 Å². The summed E-state index contributed by atoms with van der Waals surface area (Å²) < 4.78 is 39.1. The van der Waals surface area contributed by atoms with Crippen LogP contribution in [0.1, 0.15) is 37.7 Å².